The van der Waals surface area contributed by atoms with Crippen LogP contribution in [0.15, 0.2) is 58.2 Å². The van der Waals surface area contributed by atoms with Crippen LogP contribution in [0.5, 0.6) is 5.75 Å². The van der Waals surface area contributed by atoms with Gasteiger partial charge in [0, 0.05) is 27.2 Å². The van der Waals surface area contributed by atoms with Gasteiger partial charge in [-0.1, -0.05) is 18.2 Å². The smallest absolute Gasteiger partial charge is 0.329 e. The van der Waals surface area contributed by atoms with Crippen LogP contribution in [0, 0.1) is 0 Å². The quantitative estimate of drug-likeness (QED) is 0.478. The molecule has 0 atom stereocenters. The molecule has 9 nitrogen and oxygen atoms in total. The van der Waals surface area contributed by atoms with Crippen molar-refractivity contribution in [1.82, 2.24) is 13.4 Å². The molecule has 0 fully saturated rings. The molecule has 0 aliphatic heterocycles. The van der Waals surface area contributed by atoms with Gasteiger partial charge < -0.3 is 4.18 Å². The van der Waals surface area contributed by atoms with E-state index in [9.17, 15) is 21.6 Å². The highest BCUT2D eigenvalue weighted by molar-refractivity contribution is 7.89. The van der Waals surface area contributed by atoms with Gasteiger partial charge in [-0.15, -0.1) is 0 Å². The average Bonchev–Trinajstić information content (AvgIpc) is 2.96. The molecule has 162 valence electrons. The molecule has 1 heterocycles. The summed E-state index contributed by atoms with van der Waals surface area (Å²) in [5, 5.41) is 0. The number of hydrogen-bond acceptors (Lipinski definition) is 6. The summed E-state index contributed by atoms with van der Waals surface area (Å²) in [6.45, 7) is 1.96. The Morgan fingerprint density at radius 2 is 1.60 bits per heavy atom. The van der Waals surface area contributed by atoms with E-state index in [1.54, 1.807) is 31.2 Å². The molecule has 0 spiro atoms. The molecule has 0 saturated heterocycles. The summed E-state index contributed by atoms with van der Waals surface area (Å²) < 4.78 is 58.6. The van der Waals surface area contributed by atoms with Crippen LogP contribution < -0.4 is 9.87 Å². The van der Waals surface area contributed by atoms with Crippen LogP contribution in [0.4, 0.5) is 0 Å². The molecule has 0 bridgehead atoms. The van der Waals surface area contributed by atoms with Crippen LogP contribution in [0.2, 0.25) is 0 Å². The lowest BCUT2D eigenvalue weighted by atomic mass is 10.3. The van der Waals surface area contributed by atoms with Crippen molar-refractivity contribution >= 4 is 31.2 Å². The van der Waals surface area contributed by atoms with Gasteiger partial charge in [-0.3, -0.25) is 9.13 Å². The Bertz CT molecular complexity index is 1320. The minimum atomic E-state index is -3.96. The second-order valence-electron chi connectivity index (χ2n) is 6.77. The fourth-order valence-corrected chi connectivity index (χ4v) is 4.88. The van der Waals surface area contributed by atoms with Gasteiger partial charge in [-0.2, -0.15) is 8.42 Å². The van der Waals surface area contributed by atoms with Gasteiger partial charge in [0.15, 0.2) is 0 Å². The number of aromatic nitrogens is 2. The van der Waals surface area contributed by atoms with Crippen molar-refractivity contribution in [3.05, 3.63) is 59.0 Å². The molecule has 0 amide bonds. The first-order valence-corrected chi connectivity index (χ1v) is 12.2. The minimum absolute atomic E-state index is 0.0189. The summed E-state index contributed by atoms with van der Waals surface area (Å²) in [6.07, 6.45) is 0. The minimum Gasteiger partial charge on any atom is -0.382 e. The summed E-state index contributed by atoms with van der Waals surface area (Å²) in [4.78, 5) is 12.8. The summed E-state index contributed by atoms with van der Waals surface area (Å²) in [5.74, 6) is -0.268. The lowest BCUT2D eigenvalue weighted by Crippen LogP contribution is -2.27. The molecular formula is C19H23N3O6S2. The first-order chi connectivity index (χ1) is 14.1. The third-order valence-electron chi connectivity index (χ3n) is 4.62. The van der Waals surface area contributed by atoms with Crippen molar-refractivity contribution in [2.45, 2.75) is 24.9 Å². The molecule has 2 aromatic carbocycles. The van der Waals surface area contributed by atoms with Crippen molar-refractivity contribution in [3.63, 3.8) is 0 Å². The van der Waals surface area contributed by atoms with Crippen molar-refractivity contribution in [2.24, 2.45) is 0 Å². The third kappa shape index (κ3) is 4.27. The van der Waals surface area contributed by atoms with Gasteiger partial charge in [0.1, 0.15) is 11.5 Å². The normalized spacial score (nSPS) is 12.5. The highest BCUT2D eigenvalue weighted by Crippen LogP contribution is 2.21. The highest BCUT2D eigenvalue weighted by atomic mass is 32.2. The van der Waals surface area contributed by atoms with Crippen molar-refractivity contribution < 1.29 is 21.0 Å². The molecular weight excluding hydrogens is 430 g/mol. The van der Waals surface area contributed by atoms with E-state index >= 15 is 0 Å². The molecule has 11 heteroatoms. The standard InChI is InChI=1S/C19H23N3O6S2/c1-4-21-17-11-10-16(30(26,27)20(2)3)14-18(17)22(19(21)23)12-13-29(24,25)28-15-8-6-5-7-9-15/h5-11,14H,4,12-13H2,1-3H3. The molecule has 3 rings (SSSR count). The molecule has 0 unspecified atom stereocenters. The second-order valence-corrected chi connectivity index (χ2v) is 10.6. The number of aryl methyl sites for hydroxylation is 2. The Balaban J connectivity index is 2.00. The molecule has 30 heavy (non-hydrogen) atoms. The number of para-hydroxylation sites is 1. The predicted molar refractivity (Wildman–Crippen MR) is 114 cm³/mol. The molecule has 1 aromatic heterocycles. The van der Waals surface area contributed by atoms with Gasteiger partial charge in [0.25, 0.3) is 0 Å². The van der Waals surface area contributed by atoms with E-state index in [1.165, 1.54) is 47.5 Å². The predicted octanol–water partition coefficient (Wildman–Crippen LogP) is 1.48. The van der Waals surface area contributed by atoms with Gasteiger partial charge in [-0.25, -0.2) is 17.5 Å². The van der Waals surface area contributed by atoms with E-state index in [-0.39, 0.29) is 17.2 Å². The number of benzene rings is 2. The van der Waals surface area contributed by atoms with Crippen LogP contribution in [-0.2, 0) is 33.2 Å². The number of sulfonamides is 1. The summed E-state index contributed by atoms with van der Waals surface area (Å²) in [6, 6.07) is 12.5. The SMILES string of the molecule is CCn1c(=O)n(CCS(=O)(=O)Oc2ccccc2)c2cc(S(=O)(=O)N(C)C)ccc21. The zero-order valence-electron chi connectivity index (χ0n) is 16.8. The van der Waals surface area contributed by atoms with Gasteiger partial charge in [0.2, 0.25) is 10.0 Å². The maximum atomic E-state index is 12.8. The van der Waals surface area contributed by atoms with Crippen molar-refractivity contribution in [3.8, 4) is 5.75 Å². The summed E-state index contributed by atoms with van der Waals surface area (Å²) in [7, 11) is -4.85. The molecule has 0 N–H and O–H groups in total. The fraction of sp³-hybridized carbons (Fsp3) is 0.316. The lowest BCUT2D eigenvalue weighted by molar-refractivity contribution is 0.481. The second kappa shape index (κ2) is 8.25. The molecule has 0 saturated carbocycles. The van der Waals surface area contributed by atoms with Crippen molar-refractivity contribution in [2.75, 3.05) is 19.8 Å². The third-order valence-corrected chi connectivity index (χ3v) is 7.56. The average molecular weight is 454 g/mol. The van der Waals surface area contributed by atoms with E-state index in [0.29, 0.717) is 17.6 Å². The highest BCUT2D eigenvalue weighted by Gasteiger charge is 2.22. The van der Waals surface area contributed by atoms with E-state index in [0.717, 1.165) is 4.31 Å². The largest absolute Gasteiger partial charge is 0.382 e. The number of rotatable bonds is 8. The van der Waals surface area contributed by atoms with Crippen LogP contribution in [0.3, 0.4) is 0 Å². The lowest BCUT2D eigenvalue weighted by Gasteiger charge is -2.12. The van der Waals surface area contributed by atoms with Gasteiger partial charge in [0.05, 0.1) is 15.9 Å². The van der Waals surface area contributed by atoms with Crippen LogP contribution in [0.25, 0.3) is 11.0 Å². The Morgan fingerprint density at radius 1 is 0.933 bits per heavy atom. The first kappa shape index (κ1) is 22.1. The van der Waals surface area contributed by atoms with Gasteiger partial charge in [-0.05, 0) is 37.3 Å². The van der Waals surface area contributed by atoms with Crippen LogP contribution >= 0.6 is 0 Å². The number of fused-ring (bicyclic) bond motifs is 1. The number of hydrogen-bond donors (Lipinski definition) is 0. The fourth-order valence-electron chi connectivity index (χ4n) is 3.06. The van der Waals surface area contributed by atoms with E-state index in [2.05, 4.69) is 0 Å². The summed E-state index contributed by atoms with van der Waals surface area (Å²) in [5.41, 5.74) is 0.461. The molecule has 0 aliphatic carbocycles. The Labute approximate surface area is 175 Å². The Hall–Kier alpha value is -2.63. The van der Waals surface area contributed by atoms with Crippen LogP contribution in [-0.4, -0.2) is 50.1 Å². The van der Waals surface area contributed by atoms with E-state index < -0.39 is 31.6 Å². The summed E-state index contributed by atoms with van der Waals surface area (Å²) >= 11 is 0. The zero-order valence-corrected chi connectivity index (χ0v) is 18.5. The van der Waals surface area contributed by atoms with Crippen molar-refractivity contribution in [1.29, 1.82) is 0 Å². The Kier molecular flexibility index (Phi) is 6.06. The van der Waals surface area contributed by atoms with Gasteiger partial charge >= 0.3 is 15.8 Å². The molecule has 0 radical (unpaired) electrons. The number of nitrogens with zero attached hydrogens (tertiary/aromatic N) is 3. The van der Waals surface area contributed by atoms with E-state index in [4.69, 9.17) is 4.18 Å². The maximum Gasteiger partial charge on any atom is 0.329 e. The molecule has 3 aromatic rings. The zero-order chi connectivity index (χ0) is 22.1. The number of imidazole rings is 1. The van der Waals surface area contributed by atoms with E-state index in [1.807, 2.05) is 0 Å². The monoisotopic (exact) mass is 453 g/mol. The molecule has 0 aliphatic rings. The van der Waals surface area contributed by atoms with Crippen LogP contribution in [0.1, 0.15) is 6.92 Å². The first-order valence-electron chi connectivity index (χ1n) is 9.19. The Morgan fingerprint density at radius 3 is 2.20 bits per heavy atom. The maximum absolute atomic E-state index is 12.8. The topological polar surface area (TPSA) is 108 Å².